The summed E-state index contributed by atoms with van der Waals surface area (Å²) in [5.41, 5.74) is 2.06. The first-order valence-electron chi connectivity index (χ1n) is 7.93. The number of aromatic nitrogens is 2. The van der Waals surface area contributed by atoms with Crippen LogP contribution in [0.3, 0.4) is 0 Å². The van der Waals surface area contributed by atoms with Gasteiger partial charge in [0.2, 0.25) is 11.3 Å². The van der Waals surface area contributed by atoms with Crippen molar-refractivity contribution in [3.05, 3.63) is 70.0 Å². The van der Waals surface area contributed by atoms with Crippen molar-refractivity contribution in [1.29, 1.82) is 0 Å². The van der Waals surface area contributed by atoms with Crippen LogP contribution < -0.4 is 10.7 Å². The molecule has 0 bridgehead atoms. The topological polar surface area (TPSA) is 90.3 Å². The van der Waals surface area contributed by atoms with Gasteiger partial charge in [0.25, 0.3) is 0 Å². The average Bonchev–Trinajstić information content (AvgIpc) is 2.65. The number of esters is 1. The molecule has 3 rings (SSSR count). The number of carbonyl (C=O) groups excluding carboxylic acids is 2. The number of carbonyl (C=O) groups is 2. The quantitative estimate of drug-likeness (QED) is 0.727. The summed E-state index contributed by atoms with van der Waals surface area (Å²) in [6.45, 7) is 1.76. The van der Waals surface area contributed by atoms with E-state index in [0.717, 1.165) is 5.56 Å². The summed E-state index contributed by atoms with van der Waals surface area (Å²) in [7, 11) is 1.30. The number of nitrogens with one attached hydrogen (secondary N) is 1. The van der Waals surface area contributed by atoms with Crippen molar-refractivity contribution < 1.29 is 14.3 Å². The fourth-order valence-electron chi connectivity index (χ4n) is 2.61. The van der Waals surface area contributed by atoms with Gasteiger partial charge in [-0.15, -0.1) is 0 Å². The van der Waals surface area contributed by atoms with Crippen molar-refractivity contribution in [2.45, 2.75) is 13.5 Å². The minimum absolute atomic E-state index is 0.0668. The minimum atomic E-state index is -0.478. The van der Waals surface area contributed by atoms with Crippen LogP contribution >= 0.6 is 0 Å². The van der Waals surface area contributed by atoms with E-state index in [9.17, 15) is 14.4 Å². The van der Waals surface area contributed by atoms with Crippen molar-refractivity contribution in [3.8, 4) is 0 Å². The first-order valence-corrected chi connectivity index (χ1v) is 7.93. The van der Waals surface area contributed by atoms with Gasteiger partial charge in [-0.05, 0) is 36.8 Å². The molecule has 132 valence electrons. The van der Waals surface area contributed by atoms with Crippen LogP contribution in [-0.2, 0) is 16.1 Å². The Morgan fingerprint density at radius 2 is 1.96 bits per heavy atom. The molecule has 2 aromatic carbocycles. The number of benzene rings is 2. The van der Waals surface area contributed by atoms with Gasteiger partial charge in [-0.2, -0.15) is 5.10 Å². The lowest BCUT2D eigenvalue weighted by Crippen LogP contribution is -2.23. The maximum atomic E-state index is 12.4. The van der Waals surface area contributed by atoms with Crippen LogP contribution in [0.4, 0.5) is 5.69 Å². The average molecular weight is 351 g/mol. The molecular weight excluding hydrogens is 334 g/mol. The molecule has 0 aliphatic heterocycles. The molecule has 1 aromatic heterocycles. The van der Waals surface area contributed by atoms with E-state index < -0.39 is 5.97 Å². The van der Waals surface area contributed by atoms with Crippen molar-refractivity contribution in [3.63, 3.8) is 0 Å². The van der Waals surface area contributed by atoms with Crippen LogP contribution in [0.15, 0.2) is 53.5 Å². The largest absolute Gasteiger partial charge is 0.465 e. The molecule has 1 heterocycles. The molecule has 7 nitrogen and oxygen atoms in total. The van der Waals surface area contributed by atoms with Crippen LogP contribution in [-0.4, -0.2) is 28.8 Å². The summed E-state index contributed by atoms with van der Waals surface area (Å²) in [5.74, 6) is -0.801. The SMILES string of the molecule is COC(=O)c1ccc(C)c(NC(=O)Cn2ncc(=O)c3ccccc32)c1. The number of anilines is 1. The summed E-state index contributed by atoms with van der Waals surface area (Å²) in [5, 5.41) is 7.31. The Balaban J connectivity index is 1.85. The molecule has 26 heavy (non-hydrogen) atoms. The standard InChI is InChI=1S/C19H17N3O4/c1-12-7-8-13(19(25)26-2)9-15(12)21-18(24)11-22-16-6-4-3-5-14(16)17(23)10-20-22/h3-10H,11H2,1-2H3,(H,21,24). The Morgan fingerprint density at radius 3 is 2.73 bits per heavy atom. The normalized spacial score (nSPS) is 10.5. The van der Waals surface area contributed by atoms with Gasteiger partial charge in [-0.25, -0.2) is 4.79 Å². The number of ether oxygens (including phenoxy) is 1. The van der Waals surface area contributed by atoms with Crippen LogP contribution in [0.5, 0.6) is 0 Å². The summed E-state index contributed by atoms with van der Waals surface area (Å²) >= 11 is 0. The molecule has 0 fully saturated rings. The number of rotatable bonds is 4. The van der Waals surface area contributed by atoms with Gasteiger partial charge in [-0.3, -0.25) is 14.3 Å². The van der Waals surface area contributed by atoms with E-state index in [4.69, 9.17) is 4.74 Å². The Morgan fingerprint density at radius 1 is 1.19 bits per heavy atom. The third kappa shape index (κ3) is 3.46. The number of para-hydroxylation sites is 1. The lowest BCUT2D eigenvalue weighted by molar-refractivity contribution is -0.116. The molecule has 1 amide bonds. The third-order valence-electron chi connectivity index (χ3n) is 3.99. The highest BCUT2D eigenvalue weighted by Crippen LogP contribution is 2.18. The third-order valence-corrected chi connectivity index (χ3v) is 3.99. The van der Waals surface area contributed by atoms with Crippen molar-refractivity contribution in [2.24, 2.45) is 0 Å². The van der Waals surface area contributed by atoms with Crippen LogP contribution in [0.2, 0.25) is 0 Å². The number of nitrogens with zero attached hydrogens (tertiary/aromatic N) is 2. The van der Waals surface area contributed by atoms with E-state index in [-0.39, 0.29) is 17.9 Å². The van der Waals surface area contributed by atoms with E-state index in [2.05, 4.69) is 10.4 Å². The second-order valence-corrected chi connectivity index (χ2v) is 5.75. The summed E-state index contributed by atoms with van der Waals surface area (Å²) < 4.78 is 6.16. The van der Waals surface area contributed by atoms with Crippen molar-refractivity contribution in [1.82, 2.24) is 9.78 Å². The van der Waals surface area contributed by atoms with E-state index in [1.807, 2.05) is 6.92 Å². The van der Waals surface area contributed by atoms with Crippen LogP contribution in [0.1, 0.15) is 15.9 Å². The molecule has 0 radical (unpaired) electrons. The first kappa shape index (κ1) is 17.3. The lowest BCUT2D eigenvalue weighted by Gasteiger charge is -2.12. The van der Waals surface area contributed by atoms with Gasteiger partial charge in [0.1, 0.15) is 6.54 Å². The maximum Gasteiger partial charge on any atom is 0.337 e. The van der Waals surface area contributed by atoms with Crippen molar-refractivity contribution >= 4 is 28.5 Å². The molecular formula is C19H17N3O4. The second kappa shape index (κ2) is 7.18. The Hall–Kier alpha value is -3.48. The van der Waals surface area contributed by atoms with Gasteiger partial charge < -0.3 is 10.1 Å². The number of aryl methyl sites for hydroxylation is 1. The molecule has 0 aliphatic rings. The highest BCUT2D eigenvalue weighted by Gasteiger charge is 2.12. The number of amides is 1. The summed E-state index contributed by atoms with van der Waals surface area (Å²) in [4.78, 5) is 36.0. The zero-order valence-electron chi connectivity index (χ0n) is 14.4. The first-order chi connectivity index (χ1) is 12.5. The zero-order chi connectivity index (χ0) is 18.7. The highest BCUT2D eigenvalue weighted by atomic mass is 16.5. The van der Waals surface area contributed by atoms with E-state index in [0.29, 0.717) is 22.2 Å². The lowest BCUT2D eigenvalue weighted by atomic mass is 10.1. The molecule has 0 atom stereocenters. The molecule has 0 unspecified atom stereocenters. The zero-order valence-corrected chi connectivity index (χ0v) is 14.4. The predicted octanol–water partition coefficient (Wildman–Crippen LogP) is 2.13. The van der Waals surface area contributed by atoms with Gasteiger partial charge in [0.05, 0.1) is 24.4 Å². The van der Waals surface area contributed by atoms with Crippen LogP contribution in [0.25, 0.3) is 10.9 Å². The molecule has 0 saturated heterocycles. The molecule has 0 saturated carbocycles. The minimum Gasteiger partial charge on any atom is -0.465 e. The van der Waals surface area contributed by atoms with Crippen LogP contribution in [0, 0.1) is 6.92 Å². The maximum absolute atomic E-state index is 12.4. The number of hydrogen-bond acceptors (Lipinski definition) is 5. The van der Waals surface area contributed by atoms with Gasteiger partial charge in [0, 0.05) is 11.1 Å². The number of hydrogen-bond donors (Lipinski definition) is 1. The molecule has 0 spiro atoms. The molecule has 3 aromatic rings. The predicted molar refractivity (Wildman–Crippen MR) is 97.2 cm³/mol. The van der Waals surface area contributed by atoms with Gasteiger partial charge in [-0.1, -0.05) is 18.2 Å². The van der Waals surface area contributed by atoms with E-state index in [1.54, 1.807) is 42.5 Å². The van der Waals surface area contributed by atoms with Gasteiger partial charge >= 0.3 is 5.97 Å². The number of methoxy groups -OCH3 is 1. The molecule has 1 N–H and O–H groups in total. The fourth-order valence-corrected chi connectivity index (χ4v) is 2.61. The van der Waals surface area contributed by atoms with Crippen molar-refractivity contribution in [2.75, 3.05) is 12.4 Å². The monoisotopic (exact) mass is 351 g/mol. The molecule has 0 aliphatic carbocycles. The summed E-state index contributed by atoms with van der Waals surface area (Å²) in [6, 6.07) is 11.9. The summed E-state index contributed by atoms with van der Waals surface area (Å²) in [6.07, 6.45) is 1.19. The Bertz CT molecular complexity index is 1060. The smallest absolute Gasteiger partial charge is 0.337 e. The second-order valence-electron chi connectivity index (χ2n) is 5.75. The Kier molecular flexibility index (Phi) is 4.79. The number of fused-ring (bicyclic) bond motifs is 1. The Labute approximate surface area is 149 Å². The van der Waals surface area contributed by atoms with Gasteiger partial charge in [0.15, 0.2) is 0 Å². The fraction of sp³-hybridized carbons (Fsp3) is 0.158. The molecule has 7 heteroatoms. The van der Waals surface area contributed by atoms with E-state index >= 15 is 0 Å². The highest BCUT2D eigenvalue weighted by molar-refractivity contribution is 5.95. The van der Waals surface area contributed by atoms with E-state index in [1.165, 1.54) is 18.0 Å².